The molecule has 7 heteroatoms. The van der Waals surface area contributed by atoms with E-state index < -0.39 is 18.0 Å². The molecule has 1 atom stereocenters. The average molecular weight is 295 g/mol. The molecule has 2 amide bonds. The van der Waals surface area contributed by atoms with Gasteiger partial charge in [0.05, 0.1) is 12.2 Å². The Morgan fingerprint density at radius 2 is 2.19 bits per heavy atom. The van der Waals surface area contributed by atoms with Crippen molar-refractivity contribution in [2.24, 2.45) is 0 Å². The number of carboxylic acids is 1. The van der Waals surface area contributed by atoms with Gasteiger partial charge in [0.1, 0.15) is 6.04 Å². The van der Waals surface area contributed by atoms with Crippen molar-refractivity contribution in [3.05, 3.63) is 29.6 Å². The number of carbonyl (C=O) groups is 2. The first-order valence-corrected chi connectivity index (χ1v) is 6.60. The summed E-state index contributed by atoms with van der Waals surface area (Å²) in [5, 5.41) is 11.5. The second kappa shape index (κ2) is 8.21. The minimum Gasteiger partial charge on any atom is -0.480 e. The molecule has 1 aromatic heterocycles. The fourth-order valence-electron chi connectivity index (χ4n) is 1.75. The molecule has 0 bridgehead atoms. The minimum atomic E-state index is -1.08. The van der Waals surface area contributed by atoms with Gasteiger partial charge in [0, 0.05) is 32.9 Å². The Labute approximate surface area is 123 Å². The molecule has 1 rings (SSSR count). The highest BCUT2D eigenvalue weighted by Crippen LogP contribution is 2.03. The normalized spacial score (nSPS) is 11.8. The first-order valence-electron chi connectivity index (χ1n) is 6.60. The van der Waals surface area contributed by atoms with Crippen molar-refractivity contribution >= 4 is 12.0 Å². The quantitative estimate of drug-likeness (QED) is 0.783. The van der Waals surface area contributed by atoms with Crippen molar-refractivity contribution in [2.45, 2.75) is 25.9 Å². The van der Waals surface area contributed by atoms with Gasteiger partial charge in [0.25, 0.3) is 0 Å². The van der Waals surface area contributed by atoms with Crippen LogP contribution in [0.1, 0.15) is 17.8 Å². The molecule has 0 aliphatic heterocycles. The van der Waals surface area contributed by atoms with Crippen LogP contribution in [-0.4, -0.2) is 53.8 Å². The predicted octanol–water partition coefficient (Wildman–Crippen LogP) is 1.02. The zero-order valence-corrected chi connectivity index (χ0v) is 12.5. The summed E-state index contributed by atoms with van der Waals surface area (Å²) in [7, 11) is 3.07. The summed E-state index contributed by atoms with van der Waals surface area (Å²) in [5.74, 6) is -1.08. The highest BCUT2D eigenvalue weighted by molar-refractivity contribution is 5.82. The Morgan fingerprint density at radius 3 is 2.76 bits per heavy atom. The number of nitrogens with zero attached hydrogens (tertiary/aromatic N) is 2. The molecule has 0 spiro atoms. The van der Waals surface area contributed by atoms with Crippen LogP contribution in [0, 0.1) is 6.92 Å². The van der Waals surface area contributed by atoms with Crippen LogP contribution < -0.4 is 5.32 Å². The number of nitrogens with one attached hydrogen (secondary N) is 1. The molecule has 0 aromatic carbocycles. The molecule has 21 heavy (non-hydrogen) atoms. The van der Waals surface area contributed by atoms with Gasteiger partial charge in [-0.05, 0) is 19.1 Å². The first kappa shape index (κ1) is 16.9. The van der Waals surface area contributed by atoms with E-state index in [-0.39, 0.29) is 13.0 Å². The van der Waals surface area contributed by atoms with Crippen molar-refractivity contribution in [2.75, 3.05) is 20.8 Å². The second-order valence-electron chi connectivity index (χ2n) is 4.75. The van der Waals surface area contributed by atoms with Crippen LogP contribution >= 0.6 is 0 Å². The first-order chi connectivity index (χ1) is 9.93. The topological polar surface area (TPSA) is 91.8 Å². The number of rotatable bonds is 7. The van der Waals surface area contributed by atoms with Crippen molar-refractivity contribution < 1.29 is 19.4 Å². The highest BCUT2D eigenvalue weighted by Gasteiger charge is 2.21. The maximum atomic E-state index is 12.0. The molecule has 0 aliphatic carbocycles. The lowest BCUT2D eigenvalue weighted by atomic mass is 10.2. The minimum absolute atomic E-state index is 0.216. The summed E-state index contributed by atoms with van der Waals surface area (Å²) in [4.78, 5) is 28.8. The lowest BCUT2D eigenvalue weighted by Crippen LogP contribution is -2.46. The van der Waals surface area contributed by atoms with E-state index >= 15 is 0 Å². The molecule has 0 radical (unpaired) electrons. The van der Waals surface area contributed by atoms with Crippen LogP contribution in [0.3, 0.4) is 0 Å². The fourth-order valence-corrected chi connectivity index (χ4v) is 1.75. The Kier molecular flexibility index (Phi) is 6.61. The number of hydrogen-bond acceptors (Lipinski definition) is 4. The molecule has 116 valence electrons. The van der Waals surface area contributed by atoms with E-state index in [0.717, 1.165) is 11.4 Å². The molecule has 0 saturated carbocycles. The predicted molar refractivity (Wildman–Crippen MR) is 76.9 cm³/mol. The molecule has 0 fully saturated rings. The zero-order valence-electron chi connectivity index (χ0n) is 12.5. The van der Waals surface area contributed by atoms with Gasteiger partial charge in [0.15, 0.2) is 0 Å². The molecule has 1 unspecified atom stereocenters. The molecule has 0 aliphatic rings. The maximum absolute atomic E-state index is 12.0. The van der Waals surface area contributed by atoms with Crippen LogP contribution in [0.2, 0.25) is 0 Å². The number of carbonyl (C=O) groups excluding carboxylic acids is 1. The van der Waals surface area contributed by atoms with Gasteiger partial charge in [-0.25, -0.2) is 9.59 Å². The van der Waals surface area contributed by atoms with Crippen LogP contribution in [-0.2, 0) is 16.1 Å². The van der Waals surface area contributed by atoms with E-state index in [9.17, 15) is 9.59 Å². The van der Waals surface area contributed by atoms with Crippen LogP contribution in [0.25, 0.3) is 0 Å². The summed E-state index contributed by atoms with van der Waals surface area (Å²) in [6, 6.07) is 4.12. The van der Waals surface area contributed by atoms with E-state index in [1.54, 1.807) is 7.05 Å². The smallest absolute Gasteiger partial charge is 0.326 e. The summed E-state index contributed by atoms with van der Waals surface area (Å²) < 4.78 is 4.84. The van der Waals surface area contributed by atoms with E-state index in [2.05, 4.69) is 10.3 Å². The van der Waals surface area contributed by atoms with Crippen molar-refractivity contribution in [3.8, 4) is 0 Å². The molecule has 7 nitrogen and oxygen atoms in total. The van der Waals surface area contributed by atoms with Gasteiger partial charge in [-0.15, -0.1) is 0 Å². The van der Waals surface area contributed by atoms with E-state index in [1.807, 2.05) is 25.1 Å². The summed E-state index contributed by atoms with van der Waals surface area (Å²) in [5.41, 5.74) is 1.61. The Bertz CT molecular complexity index is 493. The molecule has 1 heterocycles. The SMILES string of the molecule is COCCC(NC(=O)N(C)Cc1cccc(C)n1)C(=O)O. The second-order valence-corrected chi connectivity index (χ2v) is 4.75. The number of ether oxygens (including phenoxy) is 1. The van der Waals surface area contributed by atoms with Crippen LogP contribution in [0.4, 0.5) is 4.79 Å². The van der Waals surface area contributed by atoms with E-state index in [1.165, 1.54) is 12.0 Å². The Hall–Kier alpha value is -2.15. The third-order valence-corrected chi connectivity index (χ3v) is 2.90. The van der Waals surface area contributed by atoms with Crippen LogP contribution in [0.5, 0.6) is 0 Å². The van der Waals surface area contributed by atoms with Gasteiger partial charge in [0.2, 0.25) is 0 Å². The number of methoxy groups -OCH3 is 1. The van der Waals surface area contributed by atoms with Crippen molar-refractivity contribution in [1.82, 2.24) is 15.2 Å². The molecule has 2 N–H and O–H groups in total. The van der Waals surface area contributed by atoms with Crippen molar-refractivity contribution in [3.63, 3.8) is 0 Å². The highest BCUT2D eigenvalue weighted by atomic mass is 16.5. The number of urea groups is 1. The summed E-state index contributed by atoms with van der Waals surface area (Å²) in [6.07, 6.45) is 0.216. The molecular formula is C14H21N3O4. The maximum Gasteiger partial charge on any atom is 0.326 e. The molecule has 1 aromatic rings. The third kappa shape index (κ3) is 5.78. The van der Waals surface area contributed by atoms with Gasteiger partial charge in [-0.2, -0.15) is 0 Å². The number of hydrogen-bond donors (Lipinski definition) is 2. The third-order valence-electron chi connectivity index (χ3n) is 2.90. The zero-order chi connectivity index (χ0) is 15.8. The number of carboxylic acid groups (broad SMARTS) is 1. The Morgan fingerprint density at radius 1 is 1.48 bits per heavy atom. The van der Waals surface area contributed by atoms with Crippen LogP contribution in [0.15, 0.2) is 18.2 Å². The van der Waals surface area contributed by atoms with Gasteiger partial charge in [-0.3, -0.25) is 4.98 Å². The van der Waals surface area contributed by atoms with Gasteiger partial charge < -0.3 is 20.1 Å². The summed E-state index contributed by atoms with van der Waals surface area (Å²) >= 11 is 0. The summed E-state index contributed by atoms with van der Waals surface area (Å²) in [6.45, 7) is 2.44. The number of aromatic nitrogens is 1. The van der Waals surface area contributed by atoms with Gasteiger partial charge in [-0.1, -0.05) is 6.07 Å². The Balaban J connectivity index is 2.58. The average Bonchev–Trinajstić information content (AvgIpc) is 2.42. The lowest BCUT2D eigenvalue weighted by Gasteiger charge is -2.21. The van der Waals surface area contributed by atoms with E-state index in [4.69, 9.17) is 9.84 Å². The fraction of sp³-hybridized carbons (Fsp3) is 0.500. The van der Waals surface area contributed by atoms with Crippen molar-refractivity contribution in [1.29, 1.82) is 0 Å². The number of amides is 2. The largest absolute Gasteiger partial charge is 0.480 e. The number of pyridine rings is 1. The standard InChI is InChI=1S/C14H21N3O4/c1-10-5-4-6-11(15-10)9-17(2)14(20)16-12(13(18)19)7-8-21-3/h4-6,12H,7-9H2,1-3H3,(H,16,20)(H,18,19). The number of aryl methyl sites for hydroxylation is 1. The molecular weight excluding hydrogens is 274 g/mol. The molecule has 0 saturated heterocycles. The number of aliphatic carboxylic acids is 1. The van der Waals surface area contributed by atoms with Gasteiger partial charge >= 0.3 is 12.0 Å². The lowest BCUT2D eigenvalue weighted by molar-refractivity contribution is -0.139. The monoisotopic (exact) mass is 295 g/mol. The van der Waals surface area contributed by atoms with E-state index in [0.29, 0.717) is 6.54 Å².